The molecule has 2 saturated carbocycles. The molecule has 120 valence electrons. The number of nitrogens with zero attached hydrogens (tertiary/aromatic N) is 3. The first kappa shape index (κ1) is 14.4. The lowest BCUT2D eigenvalue weighted by molar-refractivity contribution is 0.124. The van der Waals surface area contributed by atoms with Crippen molar-refractivity contribution in [3.63, 3.8) is 0 Å². The topological polar surface area (TPSA) is 38.1 Å². The van der Waals surface area contributed by atoms with Gasteiger partial charge in [0.25, 0.3) is 5.56 Å². The smallest absolute Gasteiger partial charge is 0.266 e. The van der Waals surface area contributed by atoms with E-state index in [1.54, 1.807) is 10.7 Å². The van der Waals surface area contributed by atoms with E-state index in [1.807, 2.05) is 6.07 Å². The van der Waals surface area contributed by atoms with Crippen LogP contribution in [0, 0.1) is 11.8 Å². The van der Waals surface area contributed by atoms with E-state index in [1.165, 1.54) is 64.6 Å². The summed E-state index contributed by atoms with van der Waals surface area (Å²) < 4.78 is 1.74. The molecule has 0 bridgehead atoms. The first-order chi connectivity index (χ1) is 10.8. The van der Waals surface area contributed by atoms with Crippen molar-refractivity contribution in [2.24, 2.45) is 11.8 Å². The van der Waals surface area contributed by atoms with Crippen molar-refractivity contribution >= 4 is 0 Å². The first-order valence-corrected chi connectivity index (χ1v) is 9.08. The van der Waals surface area contributed by atoms with Crippen LogP contribution in [0.3, 0.4) is 0 Å². The van der Waals surface area contributed by atoms with Crippen LogP contribution in [0.4, 0.5) is 0 Å². The van der Waals surface area contributed by atoms with E-state index in [-0.39, 0.29) is 5.56 Å². The zero-order valence-corrected chi connectivity index (χ0v) is 13.4. The van der Waals surface area contributed by atoms with Gasteiger partial charge in [-0.25, -0.2) is 4.68 Å². The molecule has 3 fully saturated rings. The summed E-state index contributed by atoms with van der Waals surface area (Å²) in [5, 5.41) is 4.61. The van der Waals surface area contributed by atoms with Gasteiger partial charge in [-0.05, 0) is 69.5 Å². The number of hydrogen-bond donors (Lipinski definition) is 0. The van der Waals surface area contributed by atoms with Gasteiger partial charge in [-0.1, -0.05) is 6.42 Å². The van der Waals surface area contributed by atoms with Crippen molar-refractivity contribution in [1.29, 1.82) is 0 Å². The molecule has 4 heteroatoms. The van der Waals surface area contributed by atoms with Gasteiger partial charge < -0.3 is 4.90 Å². The molecular weight excluding hydrogens is 274 g/mol. The summed E-state index contributed by atoms with van der Waals surface area (Å²) in [6.07, 6.45) is 9.23. The summed E-state index contributed by atoms with van der Waals surface area (Å²) in [4.78, 5) is 14.7. The Morgan fingerprint density at radius 2 is 1.68 bits per heavy atom. The van der Waals surface area contributed by atoms with Crippen LogP contribution in [-0.4, -0.2) is 34.3 Å². The number of piperidine rings is 1. The van der Waals surface area contributed by atoms with Crippen LogP contribution in [0.5, 0.6) is 0 Å². The minimum atomic E-state index is 0.0706. The summed E-state index contributed by atoms with van der Waals surface area (Å²) in [5.41, 5.74) is 1.20. The van der Waals surface area contributed by atoms with Crippen molar-refractivity contribution in [1.82, 2.24) is 14.7 Å². The van der Waals surface area contributed by atoms with Crippen LogP contribution < -0.4 is 5.56 Å². The Morgan fingerprint density at radius 3 is 2.32 bits per heavy atom. The van der Waals surface area contributed by atoms with Crippen LogP contribution in [0.15, 0.2) is 16.9 Å². The minimum Gasteiger partial charge on any atom is -0.303 e. The van der Waals surface area contributed by atoms with Gasteiger partial charge in [-0.2, -0.15) is 5.10 Å². The van der Waals surface area contributed by atoms with Crippen molar-refractivity contribution in [3.8, 4) is 0 Å². The van der Waals surface area contributed by atoms with Crippen LogP contribution in [0.2, 0.25) is 0 Å². The van der Waals surface area contributed by atoms with E-state index in [0.717, 1.165) is 18.2 Å². The van der Waals surface area contributed by atoms with Crippen LogP contribution in [-0.2, 0) is 6.54 Å². The molecule has 0 atom stereocenters. The second kappa shape index (κ2) is 6.15. The van der Waals surface area contributed by atoms with E-state index < -0.39 is 0 Å². The highest BCUT2D eigenvalue weighted by molar-refractivity contribution is 5.12. The molecule has 0 spiro atoms. The summed E-state index contributed by atoms with van der Waals surface area (Å²) in [7, 11) is 0. The maximum Gasteiger partial charge on any atom is 0.266 e. The number of likely N-dealkylation sites (tertiary alicyclic amines) is 1. The van der Waals surface area contributed by atoms with Gasteiger partial charge in [0.15, 0.2) is 0 Å². The largest absolute Gasteiger partial charge is 0.303 e. The fourth-order valence-corrected chi connectivity index (χ4v) is 3.83. The molecule has 1 aromatic rings. The van der Waals surface area contributed by atoms with E-state index in [9.17, 15) is 4.79 Å². The third-order valence-electron chi connectivity index (χ3n) is 5.76. The lowest BCUT2D eigenvalue weighted by atomic mass is 9.84. The molecule has 1 aromatic heterocycles. The molecule has 0 unspecified atom stereocenters. The summed E-state index contributed by atoms with van der Waals surface area (Å²) in [5.74, 6) is 2.21. The Balaban J connectivity index is 1.32. The predicted molar refractivity (Wildman–Crippen MR) is 87.0 cm³/mol. The fourth-order valence-electron chi connectivity index (χ4n) is 3.83. The second-order valence-electron chi connectivity index (χ2n) is 7.59. The van der Waals surface area contributed by atoms with Gasteiger partial charge in [0.1, 0.15) is 0 Å². The van der Waals surface area contributed by atoms with Gasteiger partial charge in [-0.3, -0.25) is 4.79 Å². The molecule has 1 aliphatic heterocycles. The van der Waals surface area contributed by atoms with Crippen LogP contribution in [0.25, 0.3) is 0 Å². The lowest BCUT2D eigenvalue weighted by Gasteiger charge is -2.36. The second-order valence-corrected chi connectivity index (χ2v) is 7.59. The van der Waals surface area contributed by atoms with Crippen LogP contribution >= 0.6 is 0 Å². The molecule has 3 aliphatic rings. The molecule has 2 aliphatic carbocycles. The molecule has 4 rings (SSSR count). The molecule has 4 nitrogen and oxygen atoms in total. The molecule has 2 heterocycles. The van der Waals surface area contributed by atoms with Crippen molar-refractivity contribution in [2.75, 3.05) is 19.6 Å². The number of hydrogen-bond acceptors (Lipinski definition) is 3. The predicted octanol–water partition coefficient (Wildman–Crippen LogP) is 2.63. The highest BCUT2D eigenvalue weighted by atomic mass is 16.1. The average Bonchev–Trinajstić information content (AvgIpc) is 3.31. The summed E-state index contributed by atoms with van der Waals surface area (Å²) >= 11 is 0. The molecular formula is C18H27N3O. The normalized spacial score (nSPS) is 24.4. The Labute approximate surface area is 132 Å². The highest BCUT2D eigenvalue weighted by Gasteiger charge is 2.27. The Kier molecular flexibility index (Phi) is 4.03. The molecule has 1 saturated heterocycles. The van der Waals surface area contributed by atoms with Gasteiger partial charge >= 0.3 is 0 Å². The average molecular weight is 301 g/mol. The van der Waals surface area contributed by atoms with E-state index in [2.05, 4.69) is 10.00 Å². The molecule has 22 heavy (non-hydrogen) atoms. The standard InChI is InChI=1S/C18H27N3O/c22-18-7-6-17(16-4-5-16)19-21(18)13-15-8-10-20(11-9-15)12-14-2-1-3-14/h6-7,14-16H,1-5,8-13H2. The quantitative estimate of drug-likeness (QED) is 0.839. The third-order valence-corrected chi connectivity index (χ3v) is 5.76. The molecule has 0 amide bonds. The van der Waals surface area contributed by atoms with Crippen LogP contribution in [0.1, 0.15) is 56.6 Å². The van der Waals surface area contributed by atoms with Gasteiger partial charge in [0, 0.05) is 25.1 Å². The molecule has 0 aromatic carbocycles. The van der Waals surface area contributed by atoms with Gasteiger partial charge in [-0.15, -0.1) is 0 Å². The zero-order chi connectivity index (χ0) is 14.9. The van der Waals surface area contributed by atoms with Crippen molar-refractivity contribution < 1.29 is 0 Å². The summed E-state index contributed by atoms with van der Waals surface area (Å²) in [6.45, 7) is 4.54. The zero-order valence-electron chi connectivity index (χ0n) is 13.4. The molecule has 0 N–H and O–H groups in total. The monoisotopic (exact) mass is 301 g/mol. The SMILES string of the molecule is O=c1ccc(C2CC2)nn1CC1CCN(CC2CCC2)CC1. The summed E-state index contributed by atoms with van der Waals surface area (Å²) in [6, 6.07) is 3.64. The van der Waals surface area contributed by atoms with Gasteiger partial charge in [0.05, 0.1) is 5.69 Å². The lowest BCUT2D eigenvalue weighted by Crippen LogP contribution is -2.40. The van der Waals surface area contributed by atoms with E-state index >= 15 is 0 Å². The van der Waals surface area contributed by atoms with E-state index in [4.69, 9.17) is 0 Å². The number of aromatic nitrogens is 2. The highest BCUT2D eigenvalue weighted by Crippen LogP contribution is 2.38. The molecule has 0 radical (unpaired) electrons. The number of rotatable bonds is 5. The third kappa shape index (κ3) is 3.27. The Bertz CT molecular complexity index is 566. The maximum absolute atomic E-state index is 12.0. The Morgan fingerprint density at radius 1 is 0.955 bits per heavy atom. The maximum atomic E-state index is 12.0. The van der Waals surface area contributed by atoms with Gasteiger partial charge in [0.2, 0.25) is 0 Å². The Hall–Kier alpha value is -1.16. The minimum absolute atomic E-state index is 0.0706. The van der Waals surface area contributed by atoms with Crippen molar-refractivity contribution in [3.05, 3.63) is 28.2 Å². The fraction of sp³-hybridized carbons (Fsp3) is 0.778. The van der Waals surface area contributed by atoms with E-state index in [0.29, 0.717) is 11.8 Å². The first-order valence-electron chi connectivity index (χ1n) is 9.08. The van der Waals surface area contributed by atoms with Crippen molar-refractivity contribution in [2.45, 2.75) is 57.4 Å².